The van der Waals surface area contributed by atoms with E-state index in [9.17, 15) is 0 Å². The molecule has 0 saturated carbocycles. The number of hydrogen-bond acceptors (Lipinski definition) is 5. The Morgan fingerprint density at radius 2 is 1.51 bits per heavy atom. The molecule has 4 aromatic rings. The summed E-state index contributed by atoms with van der Waals surface area (Å²) >= 11 is 0. The van der Waals surface area contributed by atoms with Crippen molar-refractivity contribution in [1.82, 2.24) is 0 Å². The molecule has 3 aromatic carbocycles. The van der Waals surface area contributed by atoms with E-state index in [-0.39, 0.29) is 12.4 Å². The van der Waals surface area contributed by atoms with Crippen molar-refractivity contribution in [2.45, 2.75) is 19.5 Å². The van der Waals surface area contributed by atoms with Crippen molar-refractivity contribution in [2.24, 2.45) is 0 Å². The van der Waals surface area contributed by atoms with E-state index in [1.807, 2.05) is 18.2 Å². The number of aromatic nitrogens is 1. The molecule has 182 valence electrons. The Morgan fingerprint density at radius 3 is 2.20 bits per heavy atom. The zero-order chi connectivity index (χ0) is 23.7. The first-order valence-corrected chi connectivity index (χ1v) is 11.3. The molecule has 1 aliphatic rings. The molecule has 0 fully saturated rings. The van der Waals surface area contributed by atoms with Gasteiger partial charge in [-0.1, -0.05) is 18.2 Å². The second kappa shape index (κ2) is 10.3. The second-order valence-electron chi connectivity index (χ2n) is 8.31. The maximum absolute atomic E-state index is 5.71. The van der Waals surface area contributed by atoms with Gasteiger partial charge in [0.15, 0.2) is 24.2 Å². The van der Waals surface area contributed by atoms with E-state index >= 15 is 0 Å². The van der Waals surface area contributed by atoms with Gasteiger partial charge in [-0.05, 0) is 46.8 Å². The molecule has 5 rings (SSSR count). The van der Waals surface area contributed by atoms with E-state index in [0.717, 1.165) is 52.4 Å². The summed E-state index contributed by atoms with van der Waals surface area (Å²) in [5.74, 6) is 3.19. The van der Waals surface area contributed by atoms with E-state index in [0.29, 0.717) is 6.54 Å². The molecule has 7 heteroatoms. The summed E-state index contributed by atoms with van der Waals surface area (Å²) in [5, 5.41) is 5.88. The van der Waals surface area contributed by atoms with Gasteiger partial charge < -0.3 is 36.7 Å². The van der Waals surface area contributed by atoms with Gasteiger partial charge in [-0.3, -0.25) is 0 Å². The van der Waals surface area contributed by atoms with Crippen LogP contribution >= 0.6 is 0 Å². The highest BCUT2D eigenvalue weighted by atomic mass is 35.5. The summed E-state index contributed by atoms with van der Waals surface area (Å²) in [7, 11) is 6.74. The first-order valence-electron chi connectivity index (χ1n) is 11.3. The zero-order valence-corrected chi connectivity index (χ0v) is 21.1. The van der Waals surface area contributed by atoms with Crippen LogP contribution in [0.1, 0.15) is 11.1 Å². The minimum absolute atomic E-state index is 0. The summed E-state index contributed by atoms with van der Waals surface area (Å²) in [6.07, 6.45) is 3.15. The van der Waals surface area contributed by atoms with Gasteiger partial charge in [-0.2, -0.15) is 4.57 Å². The lowest BCUT2D eigenvalue weighted by molar-refractivity contribution is -0.686. The summed E-state index contributed by atoms with van der Waals surface area (Å²) in [5.41, 5.74) is 5.77. The maximum Gasteiger partial charge on any atom is 0.213 e. The van der Waals surface area contributed by atoms with Crippen LogP contribution in [0.25, 0.3) is 22.0 Å². The summed E-state index contributed by atoms with van der Waals surface area (Å²) in [6, 6.07) is 18.6. The van der Waals surface area contributed by atoms with Crippen LogP contribution in [0, 0.1) is 0 Å². The minimum atomic E-state index is 0. The number of halogens is 1. The fourth-order valence-electron chi connectivity index (χ4n) is 4.65. The van der Waals surface area contributed by atoms with E-state index < -0.39 is 0 Å². The lowest BCUT2D eigenvalue weighted by Crippen LogP contribution is -3.00. The first-order chi connectivity index (χ1) is 16.6. The second-order valence-corrected chi connectivity index (χ2v) is 8.31. The lowest BCUT2D eigenvalue weighted by atomic mass is 9.95. The van der Waals surface area contributed by atoms with Gasteiger partial charge in [0, 0.05) is 19.0 Å². The molecule has 0 amide bonds. The smallest absolute Gasteiger partial charge is 0.213 e. The summed E-state index contributed by atoms with van der Waals surface area (Å²) < 4.78 is 24.4. The van der Waals surface area contributed by atoms with Crippen LogP contribution in [-0.2, 0) is 19.5 Å². The monoisotopic (exact) mass is 492 g/mol. The molecule has 0 bridgehead atoms. The Morgan fingerprint density at radius 1 is 0.800 bits per heavy atom. The van der Waals surface area contributed by atoms with Crippen molar-refractivity contribution in [3.05, 3.63) is 71.9 Å². The lowest BCUT2D eigenvalue weighted by Gasteiger charge is -2.19. The number of pyridine rings is 1. The van der Waals surface area contributed by atoms with Crippen molar-refractivity contribution in [1.29, 1.82) is 0 Å². The fourth-order valence-corrected chi connectivity index (χ4v) is 4.65. The number of ether oxygens (including phenoxy) is 4. The van der Waals surface area contributed by atoms with Crippen molar-refractivity contribution in [2.75, 3.05) is 33.8 Å². The third kappa shape index (κ3) is 4.54. The number of nitrogens with zero attached hydrogens (tertiary/aromatic N) is 1. The van der Waals surface area contributed by atoms with Gasteiger partial charge in [0.25, 0.3) is 0 Å². The molecule has 0 saturated heterocycles. The van der Waals surface area contributed by atoms with Gasteiger partial charge in [0.05, 0.1) is 45.1 Å². The zero-order valence-electron chi connectivity index (χ0n) is 20.4. The third-order valence-corrected chi connectivity index (χ3v) is 6.48. The number of benzene rings is 3. The van der Waals surface area contributed by atoms with Crippen LogP contribution in [0.3, 0.4) is 0 Å². The Balaban J connectivity index is 0.00000289. The topological polar surface area (TPSA) is 52.8 Å². The number of hydrogen-bond donors (Lipinski definition) is 1. The van der Waals surface area contributed by atoms with E-state index in [1.165, 1.54) is 22.4 Å². The highest BCUT2D eigenvalue weighted by molar-refractivity contribution is 5.97. The predicted octanol–water partition coefficient (Wildman–Crippen LogP) is 2.00. The predicted molar refractivity (Wildman–Crippen MR) is 133 cm³/mol. The molecule has 35 heavy (non-hydrogen) atoms. The number of anilines is 1. The van der Waals surface area contributed by atoms with Crippen LogP contribution in [0.5, 0.6) is 23.0 Å². The quantitative estimate of drug-likeness (QED) is 0.400. The fraction of sp³-hybridized carbons (Fsp3) is 0.250. The van der Waals surface area contributed by atoms with E-state index in [1.54, 1.807) is 28.4 Å². The molecule has 1 aliphatic heterocycles. The van der Waals surface area contributed by atoms with Gasteiger partial charge in [0.2, 0.25) is 5.69 Å². The molecule has 0 atom stereocenters. The Hall–Kier alpha value is -3.64. The van der Waals surface area contributed by atoms with Crippen molar-refractivity contribution in [3.8, 4) is 34.3 Å². The van der Waals surface area contributed by atoms with Crippen LogP contribution in [0.15, 0.2) is 60.8 Å². The normalized spacial score (nSPS) is 11.7. The Bertz CT molecular complexity index is 1360. The average Bonchev–Trinajstić information content (AvgIpc) is 2.89. The van der Waals surface area contributed by atoms with E-state index in [2.05, 4.69) is 52.5 Å². The first kappa shape index (κ1) is 24.5. The van der Waals surface area contributed by atoms with Crippen LogP contribution < -0.4 is 41.2 Å². The van der Waals surface area contributed by atoms with Gasteiger partial charge in [-0.15, -0.1) is 0 Å². The molecule has 0 spiro atoms. The molecule has 1 aromatic heterocycles. The standard InChI is InChI=1S/C28H28N2O4.ClH/c1-31-21-8-5-18(6-9-21)16-29-28-23-17-30-12-11-20-14-26(33-3)27(34-4)15-22(20)24(30)13-19(23)7-10-25(28)32-2;/h5-10,13-15,17H,11-12,16H2,1-4H3;1H. The number of aryl methyl sites for hydroxylation is 2. The van der Waals surface area contributed by atoms with Crippen LogP contribution in [-0.4, -0.2) is 28.4 Å². The molecule has 6 nitrogen and oxygen atoms in total. The Labute approximate surface area is 211 Å². The third-order valence-electron chi connectivity index (χ3n) is 6.48. The molecule has 0 aliphatic carbocycles. The van der Waals surface area contributed by atoms with Crippen LogP contribution in [0.2, 0.25) is 0 Å². The number of nitrogens with one attached hydrogen (secondary N) is 1. The van der Waals surface area contributed by atoms with Crippen LogP contribution in [0.4, 0.5) is 5.69 Å². The highest BCUT2D eigenvalue weighted by Gasteiger charge is 2.27. The minimum Gasteiger partial charge on any atom is -1.00 e. The Kier molecular flexibility index (Phi) is 7.22. The van der Waals surface area contributed by atoms with E-state index in [4.69, 9.17) is 18.9 Å². The van der Waals surface area contributed by atoms with Gasteiger partial charge in [-0.25, -0.2) is 0 Å². The average molecular weight is 493 g/mol. The molecular weight excluding hydrogens is 464 g/mol. The number of methoxy groups -OCH3 is 4. The molecular formula is C28H29ClN2O4. The molecule has 2 heterocycles. The number of rotatable bonds is 7. The summed E-state index contributed by atoms with van der Waals surface area (Å²) in [4.78, 5) is 0. The largest absolute Gasteiger partial charge is 1.00 e. The SMILES string of the molecule is COc1ccc(CNc2c(OC)ccc3cc4[n+](cc23)CCc2cc(OC)c(OC)cc2-4)cc1.[Cl-]. The molecule has 1 N–H and O–H groups in total. The van der Waals surface area contributed by atoms with Crippen molar-refractivity contribution < 1.29 is 35.9 Å². The number of fused-ring (bicyclic) bond motifs is 4. The van der Waals surface area contributed by atoms with Gasteiger partial charge in [0.1, 0.15) is 11.5 Å². The maximum atomic E-state index is 5.71. The molecule has 0 unspecified atom stereocenters. The van der Waals surface area contributed by atoms with Gasteiger partial charge >= 0.3 is 0 Å². The molecule has 0 radical (unpaired) electrons. The van der Waals surface area contributed by atoms with Crippen molar-refractivity contribution >= 4 is 16.5 Å². The highest BCUT2D eigenvalue weighted by Crippen LogP contribution is 2.39. The summed E-state index contributed by atoms with van der Waals surface area (Å²) in [6.45, 7) is 1.57. The van der Waals surface area contributed by atoms with Crippen molar-refractivity contribution in [3.63, 3.8) is 0 Å².